The molecular formula is C17H21BrN2O2S. The van der Waals surface area contributed by atoms with Crippen LogP contribution in [0, 0.1) is 11.7 Å². The minimum absolute atomic E-state index is 0.178. The molecule has 1 saturated carbocycles. The maximum Gasteiger partial charge on any atom is 0.177 e. The first-order valence-corrected chi connectivity index (χ1v) is 8.70. The summed E-state index contributed by atoms with van der Waals surface area (Å²) in [6, 6.07) is 8.44. The van der Waals surface area contributed by atoms with Gasteiger partial charge in [0.1, 0.15) is 0 Å². The first-order valence-electron chi connectivity index (χ1n) is 7.50. The lowest BCUT2D eigenvalue weighted by atomic mass is 9.58. The van der Waals surface area contributed by atoms with Crippen molar-refractivity contribution in [1.29, 1.82) is 0 Å². The van der Waals surface area contributed by atoms with E-state index < -0.39 is 5.79 Å². The van der Waals surface area contributed by atoms with Crippen molar-refractivity contribution >= 4 is 28.1 Å². The van der Waals surface area contributed by atoms with Gasteiger partial charge in [-0.25, -0.2) is 0 Å². The second kappa shape index (κ2) is 5.84. The number of rotatable bonds is 4. The highest BCUT2D eigenvalue weighted by Gasteiger charge is 2.59. The van der Waals surface area contributed by atoms with Gasteiger partial charge in [-0.3, -0.25) is 0 Å². The SMILES string of the molecule is COC1(OC)CC(c2cccc(Br)c2)(c2c(C)[nH]c(=S)n2C)C1. The van der Waals surface area contributed by atoms with Crippen LogP contribution in [0.25, 0.3) is 0 Å². The number of aromatic amines is 1. The summed E-state index contributed by atoms with van der Waals surface area (Å²) in [6.07, 6.45) is 1.51. The van der Waals surface area contributed by atoms with E-state index in [9.17, 15) is 0 Å². The predicted molar refractivity (Wildman–Crippen MR) is 96.2 cm³/mol. The zero-order chi connectivity index (χ0) is 16.8. The molecule has 0 bridgehead atoms. The van der Waals surface area contributed by atoms with Crippen molar-refractivity contribution in [2.75, 3.05) is 14.2 Å². The van der Waals surface area contributed by atoms with Gasteiger partial charge >= 0.3 is 0 Å². The van der Waals surface area contributed by atoms with Gasteiger partial charge in [0.05, 0.1) is 0 Å². The number of hydrogen-bond acceptors (Lipinski definition) is 3. The van der Waals surface area contributed by atoms with E-state index >= 15 is 0 Å². The van der Waals surface area contributed by atoms with Crippen LogP contribution in [0.15, 0.2) is 28.7 Å². The van der Waals surface area contributed by atoms with E-state index in [0.29, 0.717) is 0 Å². The highest BCUT2D eigenvalue weighted by atomic mass is 79.9. The maximum absolute atomic E-state index is 5.66. The zero-order valence-corrected chi connectivity index (χ0v) is 16.2. The molecule has 1 aliphatic rings. The Balaban J connectivity index is 2.19. The standard InChI is InChI=1S/C17H21BrN2O2S/c1-11-14(20(2)15(23)19-11)16(9-17(10-16,21-3)22-4)12-6-5-7-13(18)8-12/h5-8H,9-10H2,1-4H3,(H,19,23). The predicted octanol–water partition coefficient (Wildman–Crippen LogP) is 4.22. The monoisotopic (exact) mass is 396 g/mol. The quantitative estimate of drug-likeness (QED) is 0.620. The molecular weight excluding hydrogens is 376 g/mol. The Morgan fingerprint density at radius 1 is 1.26 bits per heavy atom. The molecule has 1 aliphatic carbocycles. The molecule has 23 heavy (non-hydrogen) atoms. The fourth-order valence-corrected chi connectivity index (χ4v) is 4.51. The van der Waals surface area contributed by atoms with Crippen LogP contribution in [0.1, 0.15) is 29.8 Å². The van der Waals surface area contributed by atoms with Crippen LogP contribution in [0.2, 0.25) is 0 Å². The van der Waals surface area contributed by atoms with E-state index in [1.54, 1.807) is 14.2 Å². The summed E-state index contributed by atoms with van der Waals surface area (Å²) in [5.41, 5.74) is 3.36. The highest BCUT2D eigenvalue weighted by molar-refractivity contribution is 9.10. The summed E-state index contributed by atoms with van der Waals surface area (Å²) >= 11 is 9.02. The highest BCUT2D eigenvalue weighted by Crippen LogP contribution is 2.57. The van der Waals surface area contributed by atoms with E-state index in [1.165, 1.54) is 11.3 Å². The lowest BCUT2D eigenvalue weighted by Crippen LogP contribution is -2.58. The number of methoxy groups -OCH3 is 2. The minimum Gasteiger partial charge on any atom is -0.353 e. The van der Waals surface area contributed by atoms with Crippen LogP contribution >= 0.6 is 28.1 Å². The first kappa shape index (κ1) is 16.9. The van der Waals surface area contributed by atoms with Gasteiger partial charge in [0.25, 0.3) is 0 Å². The van der Waals surface area contributed by atoms with Gasteiger partial charge in [0.2, 0.25) is 0 Å². The molecule has 1 aromatic carbocycles. The molecule has 6 heteroatoms. The maximum atomic E-state index is 5.66. The Morgan fingerprint density at radius 2 is 1.91 bits per heavy atom. The van der Waals surface area contributed by atoms with Crippen LogP contribution in [0.3, 0.4) is 0 Å². The summed E-state index contributed by atoms with van der Waals surface area (Å²) in [6.45, 7) is 2.07. The summed E-state index contributed by atoms with van der Waals surface area (Å²) in [5, 5.41) is 0. The van der Waals surface area contributed by atoms with Crippen molar-refractivity contribution in [2.45, 2.75) is 31.0 Å². The molecule has 0 saturated heterocycles. The Kier molecular flexibility index (Phi) is 4.29. The minimum atomic E-state index is -0.541. The number of H-pyrrole nitrogens is 1. The van der Waals surface area contributed by atoms with Gasteiger partial charge in [-0.05, 0) is 36.8 Å². The van der Waals surface area contributed by atoms with Crippen molar-refractivity contribution in [1.82, 2.24) is 9.55 Å². The molecule has 1 heterocycles. The Morgan fingerprint density at radius 3 is 2.39 bits per heavy atom. The number of imidazole rings is 1. The third-order valence-corrected chi connectivity index (χ3v) is 5.88. The lowest BCUT2D eigenvalue weighted by molar-refractivity contribution is -0.272. The van der Waals surface area contributed by atoms with Crippen molar-refractivity contribution in [3.8, 4) is 0 Å². The fourth-order valence-electron chi connectivity index (χ4n) is 3.87. The normalized spacial score (nSPS) is 18.7. The van der Waals surface area contributed by atoms with Gasteiger partial charge in [0.15, 0.2) is 10.6 Å². The molecule has 0 aliphatic heterocycles. The molecule has 0 amide bonds. The van der Waals surface area contributed by atoms with E-state index in [2.05, 4.69) is 50.6 Å². The molecule has 4 nitrogen and oxygen atoms in total. The van der Waals surface area contributed by atoms with Crippen molar-refractivity contribution in [2.24, 2.45) is 7.05 Å². The summed E-state index contributed by atoms with van der Waals surface area (Å²) in [4.78, 5) is 3.28. The number of benzene rings is 1. The average molecular weight is 397 g/mol. The van der Waals surface area contributed by atoms with Crippen molar-refractivity contribution in [3.05, 3.63) is 50.5 Å². The van der Waals surface area contributed by atoms with E-state index in [4.69, 9.17) is 21.7 Å². The topological polar surface area (TPSA) is 39.2 Å². The number of ether oxygens (including phenoxy) is 2. The van der Waals surface area contributed by atoms with E-state index in [-0.39, 0.29) is 5.41 Å². The largest absolute Gasteiger partial charge is 0.353 e. The number of nitrogens with one attached hydrogen (secondary N) is 1. The number of aromatic nitrogens is 2. The van der Waals surface area contributed by atoms with E-state index in [0.717, 1.165) is 27.8 Å². The van der Waals surface area contributed by atoms with Crippen molar-refractivity contribution in [3.63, 3.8) is 0 Å². The molecule has 1 N–H and O–H groups in total. The molecule has 0 unspecified atom stereocenters. The van der Waals surface area contributed by atoms with Gasteiger partial charge in [-0.15, -0.1) is 0 Å². The van der Waals surface area contributed by atoms with Crippen LogP contribution in [-0.4, -0.2) is 29.6 Å². The van der Waals surface area contributed by atoms with Crippen LogP contribution in [0.4, 0.5) is 0 Å². The lowest BCUT2D eigenvalue weighted by Gasteiger charge is -2.54. The molecule has 2 aromatic rings. The number of aryl methyl sites for hydroxylation is 1. The van der Waals surface area contributed by atoms with Gasteiger partial charge < -0.3 is 19.0 Å². The van der Waals surface area contributed by atoms with Crippen LogP contribution in [0.5, 0.6) is 0 Å². The molecule has 1 fully saturated rings. The molecule has 3 rings (SSSR count). The summed E-state index contributed by atoms with van der Waals surface area (Å²) in [7, 11) is 5.42. The number of nitrogens with zero attached hydrogens (tertiary/aromatic N) is 1. The number of halogens is 1. The molecule has 124 valence electrons. The van der Waals surface area contributed by atoms with Gasteiger partial charge in [0, 0.05) is 55.4 Å². The number of hydrogen-bond donors (Lipinski definition) is 1. The second-order valence-electron chi connectivity index (χ2n) is 6.23. The molecule has 0 spiro atoms. The molecule has 0 atom stereocenters. The third-order valence-electron chi connectivity index (χ3n) is 5.01. The van der Waals surface area contributed by atoms with Gasteiger partial charge in [-0.2, -0.15) is 0 Å². The zero-order valence-electron chi connectivity index (χ0n) is 13.8. The molecule has 1 aromatic heterocycles. The summed E-state index contributed by atoms with van der Waals surface area (Å²) < 4.78 is 15.2. The van der Waals surface area contributed by atoms with E-state index in [1.807, 2.05) is 13.1 Å². The molecule has 0 radical (unpaired) electrons. The average Bonchev–Trinajstić information content (AvgIpc) is 2.74. The summed E-state index contributed by atoms with van der Waals surface area (Å²) in [5.74, 6) is -0.541. The Bertz CT molecular complexity index is 784. The van der Waals surface area contributed by atoms with Crippen LogP contribution < -0.4 is 0 Å². The Labute approximate surface area is 149 Å². The smallest absolute Gasteiger partial charge is 0.177 e. The van der Waals surface area contributed by atoms with Gasteiger partial charge in [-0.1, -0.05) is 28.1 Å². The first-order chi connectivity index (χ1) is 10.9. The van der Waals surface area contributed by atoms with Crippen LogP contribution in [-0.2, 0) is 21.9 Å². The Hall–Kier alpha value is -0.950. The van der Waals surface area contributed by atoms with Crippen molar-refractivity contribution < 1.29 is 9.47 Å². The second-order valence-corrected chi connectivity index (χ2v) is 7.53. The third kappa shape index (κ3) is 2.52. The fraction of sp³-hybridized carbons (Fsp3) is 0.471.